The summed E-state index contributed by atoms with van der Waals surface area (Å²) in [6.07, 6.45) is 4.88. The van der Waals surface area contributed by atoms with Crippen LogP contribution in [-0.4, -0.2) is 15.1 Å². The number of nitrogens with zero attached hydrogens (tertiary/aromatic N) is 3. The fraction of sp³-hybridized carbons (Fsp3) is 0. The average Bonchev–Trinajstić information content (AvgIpc) is 2.58. The van der Waals surface area contributed by atoms with Gasteiger partial charge in [-0.25, -0.2) is 9.97 Å². The molecule has 0 unspecified atom stereocenters. The molecule has 0 aliphatic carbocycles. The third-order valence-electron chi connectivity index (χ3n) is 1.22. The topological polar surface area (TPSA) is 51.8 Å². The first-order valence-corrected chi connectivity index (χ1v) is 3.15. The van der Waals surface area contributed by atoms with Gasteiger partial charge in [0.05, 0.1) is 6.20 Å². The fourth-order valence-electron chi connectivity index (χ4n) is 0.757. The van der Waals surface area contributed by atoms with E-state index in [-0.39, 0.29) is 0 Å². The molecule has 0 fully saturated rings. The van der Waals surface area contributed by atoms with E-state index in [4.69, 9.17) is 4.52 Å². The Morgan fingerprint density at radius 1 is 1.09 bits per heavy atom. The molecular formula is C7H5N3O. The lowest BCUT2D eigenvalue weighted by Gasteiger charge is -1.88. The molecule has 0 aliphatic rings. The SMILES string of the molecule is c1cnc(-c2ccno2)nc1. The molecule has 0 bridgehead atoms. The second-order valence-electron chi connectivity index (χ2n) is 1.95. The zero-order valence-corrected chi connectivity index (χ0v) is 5.64. The predicted molar refractivity (Wildman–Crippen MR) is 37.5 cm³/mol. The van der Waals surface area contributed by atoms with Crippen molar-refractivity contribution in [2.75, 3.05) is 0 Å². The zero-order valence-electron chi connectivity index (χ0n) is 5.64. The normalized spacial score (nSPS) is 9.82. The maximum Gasteiger partial charge on any atom is 0.204 e. The first-order chi connectivity index (χ1) is 5.47. The van der Waals surface area contributed by atoms with Crippen LogP contribution in [0.25, 0.3) is 11.6 Å². The fourth-order valence-corrected chi connectivity index (χ4v) is 0.757. The minimum Gasteiger partial charge on any atom is -0.353 e. The van der Waals surface area contributed by atoms with Crippen molar-refractivity contribution in [3.05, 3.63) is 30.7 Å². The Kier molecular flexibility index (Phi) is 1.37. The molecule has 0 spiro atoms. The largest absolute Gasteiger partial charge is 0.353 e. The van der Waals surface area contributed by atoms with Gasteiger partial charge >= 0.3 is 0 Å². The highest BCUT2D eigenvalue weighted by atomic mass is 16.5. The standard InChI is InChI=1S/C7H5N3O/c1-3-8-7(9-4-1)6-2-5-10-11-6/h1-5H. The summed E-state index contributed by atoms with van der Waals surface area (Å²) in [6, 6.07) is 3.47. The Balaban J connectivity index is 2.46. The quantitative estimate of drug-likeness (QED) is 0.606. The Morgan fingerprint density at radius 3 is 2.55 bits per heavy atom. The lowest BCUT2D eigenvalue weighted by Crippen LogP contribution is -1.83. The molecule has 0 aliphatic heterocycles. The van der Waals surface area contributed by atoms with Gasteiger partial charge in [0.25, 0.3) is 0 Å². The lowest BCUT2D eigenvalue weighted by molar-refractivity contribution is 0.429. The van der Waals surface area contributed by atoms with E-state index >= 15 is 0 Å². The van der Waals surface area contributed by atoms with Crippen LogP contribution in [0.15, 0.2) is 35.2 Å². The van der Waals surface area contributed by atoms with Crippen LogP contribution in [0.3, 0.4) is 0 Å². The molecule has 2 aromatic heterocycles. The molecule has 54 valence electrons. The van der Waals surface area contributed by atoms with E-state index in [9.17, 15) is 0 Å². The van der Waals surface area contributed by atoms with E-state index in [1.807, 2.05) is 0 Å². The van der Waals surface area contributed by atoms with Gasteiger partial charge in [-0.1, -0.05) is 5.16 Å². The summed E-state index contributed by atoms with van der Waals surface area (Å²) in [5.74, 6) is 1.15. The molecule has 11 heavy (non-hydrogen) atoms. The summed E-state index contributed by atoms with van der Waals surface area (Å²) >= 11 is 0. The van der Waals surface area contributed by atoms with Crippen LogP contribution in [0, 0.1) is 0 Å². The van der Waals surface area contributed by atoms with Crippen LogP contribution in [-0.2, 0) is 0 Å². The second kappa shape index (κ2) is 2.49. The van der Waals surface area contributed by atoms with Crippen molar-refractivity contribution in [3.63, 3.8) is 0 Å². The van der Waals surface area contributed by atoms with E-state index in [1.165, 1.54) is 0 Å². The summed E-state index contributed by atoms with van der Waals surface area (Å²) in [5.41, 5.74) is 0. The molecule has 4 heteroatoms. The number of aromatic nitrogens is 3. The molecular weight excluding hydrogens is 142 g/mol. The average molecular weight is 147 g/mol. The molecule has 0 N–H and O–H groups in total. The number of hydrogen-bond donors (Lipinski definition) is 0. The third-order valence-corrected chi connectivity index (χ3v) is 1.22. The molecule has 4 nitrogen and oxygen atoms in total. The van der Waals surface area contributed by atoms with E-state index in [0.717, 1.165) is 0 Å². The highest BCUT2D eigenvalue weighted by Crippen LogP contribution is 2.10. The summed E-state index contributed by atoms with van der Waals surface area (Å²) < 4.78 is 4.84. The first-order valence-electron chi connectivity index (χ1n) is 3.15. The minimum atomic E-state index is 0.560. The highest BCUT2D eigenvalue weighted by molar-refractivity contribution is 5.43. The van der Waals surface area contributed by atoms with Crippen molar-refractivity contribution in [1.29, 1.82) is 0 Å². The zero-order chi connectivity index (χ0) is 7.52. The summed E-state index contributed by atoms with van der Waals surface area (Å²) in [7, 11) is 0. The summed E-state index contributed by atoms with van der Waals surface area (Å²) in [6.45, 7) is 0. The minimum absolute atomic E-state index is 0.560. The van der Waals surface area contributed by atoms with Gasteiger partial charge in [-0.05, 0) is 6.07 Å². The maximum atomic E-state index is 4.84. The monoisotopic (exact) mass is 147 g/mol. The number of rotatable bonds is 1. The van der Waals surface area contributed by atoms with Crippen LogP contribution in [0.5, 0.6) is 0 Å². The van der Waals surface area contributed by atoms with Gasteiger partial charge in [0.2, 0.25) is 5.76 Å². The van der Waals surface area contributed by atoms with E-state index < -0.39 is 0 Å². The van der Waals surface area contributed by atoms with Gasteiger partial charge in [0.15, 0.2) is 5.82 Å². The lowest BCUT2D eigenvalue weighted by atomic mass is 10.4. The second-order valence-corrected chi connectivity index (χ2v) is 1.95. The molecule has 0 radical (unpaired) electrons. The smallest absolute Gasteiger partial charge is 0.204 e. The Hall–Kier alpha value is -1.71. The number of hydrogen-bond acceptors (Lipinski definition) is 4. The van der Waals surface area contributed by atoms with Crippen LogP contribution in [0.1, 0.15) is 0 Å². The van der Waals surface area contributed by atoms with Crippen molar-refractivity contribution in [2.24, 2.45) is 0 Å². The van der Waals surface area contributed by atoms with Crippen molar-refractivity contribution in [2.45, 2.75) is 0 Å². The third kappa shape index (κ3) is 1.10. The molecule has 2 rings (SSSR count). The van der Waals surface area contributed by atoms with Crippen LogP contribution >= 0.6 is 0 Å². The van der Waals surface area contributed by atoms with Gasteiger partial charge in [0.1, 0.15) is 0 Å². The van der Waals surface area contributed by atoms with Gasteiger partial charge in [-0.2, -0.15) is 0 Å². The molecule has 2 aromatic rings. The molecule has 0 aromatic carbocycles. The van der Waals surface area contributed by atoms with Crippen LogP contribution in [0.4, 0.5) is 0 Å². The Bertz CT molecular complexity index is 317. The molecule has 0 atom stereocenters. The van der Waals surface area contributed by atoms with Crippen LogP contribution < -0.4 is 0 Å². The maximum absolute atomic E-state index is 4.84. The van der Waals surface area contributed by atoms with E-state index in [1.54, 1.807) is 30.7 Å². The van der Waals surface area contributed by atoms with E-state index in [2.05, 4.69) is 15.1 Å². The van der Waals surface area contributed by atoms with Gasteiger partial charge in [-0.3, -0.25) is 0 Å². The molecule has 2 heterocycles. The van der Waals surface area contributed by atoms with Crippen LogP contribution in [0.2, 0.25) is 0 Å². The molecule has 0 saturated carbocycles. The first kappa shape index (κ1) is 6.03. The van der Waals surface area contributed by atoms with Crippen molar-refractivity contribution in [3.8, 4) is 11.6 Å². The van der Waals surface area contributed by atoms with Gasteiger partial charge < -0.3 is 4.52 Å². The van der Waals surface area contributed by atoms with Gasteiger partial charge in [0, 0.05) is 18.5 Å². The van der Waals surface area contributed by atoms with Crippen molar-refractivity contribution < 1.29 is 4.52 Å². The van der Waals surface area contributed by atoms with Crippen molar-refractivity contribution >= 4 is 0 Å². The predicted octanol–water partition coefficient (Wildman–Crippen LogP) is 1.13. The Labute approximate surface area is 62.9 Å². The van der Waals surface area contributed by atoms with Gasteiger partial charge in [-0.15, -0.1) is 0 Å². The highest BCUT2D eigenvalue weighted by Gasteiger charge is 2.01. The summed E-state index contributed by atoms with van der Waals surface area (Å²) in [5, 5.41) is 3.54. The molecule has 0 amide bonds. The van der Waals surface area contributed by atoms with E-state index in [0.29, 0.717) is 11.6 Å². The summed E-state index contributed by atoms with van der Waals surface area (Å²) in [4.78, 5) is 7.95. The Morgan fingerprint density at radius 2 is 1.91 bits per heavy atom. The molecule has 0 saturated heterocycles. The van der Waals surface area contributed by atoms with Crippen molar-refractivity contribution in [1.82, 2.24) is 15.1 Å².